The minimum Gasteiger partial charge on any atom is -0.490 e. The molecule has 1 aromatic rings. The summed E-state index contributed by atoms with van der Waals surface area (Å²) in [6.45, 7) is 1.41. The van der Waals surface area contributed by atoms with Crippen LogP contribution in [0.15, 0.2) is 18.2 Å². The highest BCUT2D eigenvalue weighted by molar-refractivity contribution is 5.44. The van der Waals surface area contributed by atoms with Crippen LogP contribution in [0, 0.1) is 17.8 Å². The zero-order valence-electron chi connectivity index (χ0n) is 11.0. The van der Waals surface area contributed by atoms with Crippen molar-refractivity contribution in [2.24, 2.45) is 17.8 Å². The van der Waals surface area contributed by atoms with E-state index in [-0.39, 0.29) is 6.10 Å². The van der Waals surface area contributed by atoms with Crippen molar-refractivity contribution in [3.05, 3.63) is 23.8 Å². The molecule has 0 amide bonds. The molecule has 0 spiro atoms. The van der Waals surface area contributed by atoms with Crippen molar-refractivity contribution in [1.29, 1.82) is 0 Å². The predicted molar refractivity (Wildman–Crippen MR) is 71.3 cm³/mol. The predicted octanol–water partition coefficient (Wildman–Crippen LogP) is 2.93. The van der Waals surface area contributed by atoms with Gasteiger partial charge >= 0.3 is 0 Å². The average Bonchev–Trinajstić information content (AvgIpc) is 3.02. The minimum absolute atomic E-state index is 0.326. The van der Waals surface area contributed by atoms with Crippen LogP contribution >= 0.6 is 0 Å². The highest BCUT2D eigenvalue weighted by atomic mass is 16.5. The smallest absolute Gasteiger partial charge is 0.161 e. The Bertz CT molecular complexity index is 475. The van der Waals surface area contributed by atoms with Crippen molar-refractivity contribution < 1.29 is 14.6 Å². The van der Waals surface area contributed by atoms with Crippen molar-refractivity contribution in [2.45, 2.75) is 31.8 Å². The van der Waals surface area contributed by atoms with E-state index in [1.54, 1.807) is 0 Å². The van der Waals surface area contributed by atoms with Gasteiger partial charge in [0.15, 0.2) is 11.5 Å². The van der Waals surface area contributed by atoms with Crippen molar-refractivity contribution in [1.82, 2.24) is 0 Å². The number of benzene rings is 1. The summed E-state index contributed by atoms with van der Waals surface area (Å²) in [7, 11) is 0. The van der Waals surface area contributed by atoms with Gasteiger partial charge in [-0.05, 0) is 48.3 Å². The van der Waals surface area contributed by atoms with Crippen LogP contribution in [0.3, 0.4) is 0 Å². The fourth-order valence-electron chi connectivity index (χ4n) is 3.93. The third kappa shape index (κ3) is 1.91. The van der Waals surface area contributed by atoms with E-state index in [0.29, 0.717) is 19.1 Å². The zero-order valence-corrected chi connectivity index (χ0v) is 11.0. The topological polar surface area (TPSA) is 38.7 Å². The van der Waals surface area contributed by atoms with Gasteiger partial charge in [-0.15, -0.1) is 0 Å². The Morgan fingerprint density at radius 1 is 1.00 bits per heavy atom. The molecule has 2 saturated carbocycles. The van der Waals surface area contributed by atoms with Crippen LogP contribution in [-0.4, -0.2) is 18.3 Å². The van der Waals surface area contributed by atoms with Crippen LogP contribution in [0.1, 0.15) is 37.4 Å². The van der Waals surface area contributed by atoms with Crippen molar-refractivity contribution in [2.75, 3.05) is 13.2 Å². The van der Waals surface area contributed by atoms with Crippen molar-refractivity contribution >= 4 is 0 Å². The van der Waals surface area contributed by atoms with Crippen LogP contribution in [0.4, 0.5) is 0 Å². The van der Waals surface area contributed by atoms with Gasteiger partial charge < -0.3 is 14.6 Å². The first-order chi connectivity index (χ1) is 9.34. The quantitative estimate of drug-likeness (QED) is 0.888. The molecule has 102 valence electrons. The second-order valence-electron chi connectivity index (χ2n) is 6.04. The van der Waals surface area contributed by atoms with E-state index in [0.717, 1.165) is 35.3 Å². The van der Waals surface area contributed by atoms with Gasteiger partial charge in [-0.3, -0.25) is 0 Å². The SMILES string of the molecule is OC(c1ccc2c(c1)OCCCO2)C1C2CCCC21. The van der Waals surface area contributed by atoms with Gasteiger partial charge in [0.25, 0.3) is 0 Å². The lowest BCUT2D eigenvalue weighted by Gasteiger charge is -2.15. The Morgan fingerprint density at radius 3 is 2.53 bits per heavy atom. The van der Waals surface area contributed by atoms with E-state index in [4.69, 9.17) is 9.47 Å². The monoisotopic (exact) mass is 260 g/mol. The fourth-order valence-corrected chi connectivity index (χ4v) is 3.93. The summed E-state index contributed by atoms with van der Waals surface area (Å²) < 4.78 is 11.3. The normalized spacial score (nSPS) is 33.4. The molecular formula is C16H20O3. The summed E-state index contributed by atoms with van der Waals surface area (Å²) in [4.78, 5) is 0. The average molecular weight is 260 g/mol. The molecule has 19 heavy (non-hydrogen) atoms. The molecule has 0 radical (unpaired) electrons. The highest BCUT2D eigenvalue weighted by Crippen LogP contribution is 2.62. The van der Waals surface area contributed by atoms with Crippen LogP contribution in [0.5, 0.6) is 11.5 Å². The van der Waals surface area contributed by atoms with Gasteiger partial charge in [0.1, 0.15) is 0 Å². The lowest BCUT2D eigenvalue weighted by atomic mass is 9.99. The van der Waals surface area contributed by atoms with E-state index in [1.807, 2.05) is 18.2 Å². The summed E-state index contributed by atoms with van der Waals surface area (Å²) in [5.74, 6) is 3.62. The molecule has 3 heteroatoms. The van der Waals surface area contributed by atoms with Crippen LogP contribution in [0.2, 0.25) is 0 Å². The molecule has 0 saturated heterocycles. The second-order valence-corrected chi connectivity index (χ2v) is 6.04. The number of hydrogen-bond acceptors (Lipinski definition) is 3. The Labute approximate surface area is 113 Å². The number of hydrogen-bond donors (Lipinski definition) is 1. The maximum absolute atomic E-state index is 10.5. The summed E-state index contributed by atoms with van der Waals surface area (Å²) in [6.07, 6.45) is 4.54. The van der Waals surface area contributed by atoms with Gasteiger partial charge in [-0.1, -0.05) is 12.5 Å². The van der Waals surface area contributed by atoms with E-state index < -0.39 is 0 Å². The molecule has 3 atom stereocenters. The zero-order chi connectivity index (χ0) is 12.8. The molecule has 3 nitrogen and oxygen atoms in total. The molecule has 4 rings (SSSR count). The van der Waals surface area contributed by atoms with E-state index in [9.17, 15) is 5.11 Å². The molecule has 1 aromatic carbocycles. The summed E-state index contributed by atoms with van der Waals surface area (Å²) in [6, 6.07) is 5.91. The Balaban J connectivity index is 1.56. The Hall–Kier alpha value is -1.22. The number of ether oxygens (including phenoxy) is 2. The number of aliphatic hydroxyl groups excluding tert-OH is 1. The summed E-state index contributed by atoms with van der Waals surface area (Å²) in [5.41, 5.74) is 0.989. The second kappa shape index (κ2) is 4.41. The van der Waals surface area contributed by atoms with Gasteiger partial charge in [-0.2, -0.15) is 0 Å². The van der Waals surface area contributed by atoms with E-state index >= 15 is 0 Å². The molecule has 0 aromatic heterocycles. The Kier molecular flexibility index (Phi) is 2.69. The summed E-state index contributed by atoms with van der Waals surface area (Å²) >= 11 is 0. The molecule has 1 aliphatic heterocycles. The molecule has 0 bridgehead atoms. The lowest BCUT2D eigenvalue weighted by Crippen LogP contribution is -2.05. The van der Waals surface area contributed by atoms with Crippen LogP contribution in [0.25, 0.3) is 0 Å². The number of rotatable bonds is 2. The van der Waals surface area contributed by atoms with Gasteiger partial charge in [0.2, 0.25) is 0 Å². The molecule has 1 N–H and O–H groups in total. The lowest BCUT2D eigenvalue weighted by molar-refractivity contribution is 0.136. The molecular weight excluding hydrogens is 240 g/mol. The third-order valence-corrected chi connectivity index (χ3v) is 4.95. The maximum atomic E-state index is 10.5. The molecule has 2 aliphatic carbocycles. The minimum atomic E-state index is -0.326. The summed E-state index contributed by atoms with van der Waals surface area (Å²) in [5, 5.41) is 10.5. The number of aliphatic hydroxyl groups is 1. The van der Waals surface area contributed by atoms with Gasteiger partial charge in [-0.25, -0.2) is 0 Å². The third-order valence-electron chi connectivity index (χ3n) is 4.95. The first-order valence-electron chi connectivity index (χ1n) is 7.42. The molecule has 3 unspecified atom stereocenters. The van der Waals surface area contributed by atoms with Crippen molar-refractivity contribution in [3.8, 4) is 11.5 Å². The van der Waals surface area contributed by atoms with Crippen LogP contribution in [-0.2, 0) is 0 Å². The highest BCUT2D eigenvalue weighted by Gasteiger charge is 2.55. The Morgan fingerprint density at radius 2 is 1.74 bits per heavy atom. The number of fused-ring (bicyclic) bond motifs is 2. The largest absolute Gasteiger partial charge is 0.490 e. The van der Waals surface area contributed by atoms with Gasteiger partial charge in [0.05, 0.1) is 19.3 Å². The van der Waals surface area contributed by atoms with E-state index in [2.05, 4.69) is 0 Å². The van der Waals surface area contributed by atoms with Crippen LogP contribution < -0.4 is 9.47 Å². The molecule has 1 heterocycles. The fraction of sp³-hybridized carbons (Fsp3) is 0.625. The van der Waals surface area contributed by atoms with Gasteiger partial charge in [0, 0.05) is 6.42 Å². The molecule has 2 fully saturated rings. The van der Waals surface area contributed by atoms with E-state index in [1.165, 1.54) is 19.3 Å². The maximum Gasteiger partial charge on any atom is 0.161 e. The molecule has 3 aliphatic rings. The first kappa shape index (κ1) is 11.6. The van der Waals surface area contributed by atoms with Crippen molar-refractivity contribution in [3.63, 3.8) is 0 Å². The first-order valence-corrected chi connectivity index (χ1v) is 7.42. The standard InChI is InChI=1S/C16H20O3/c17-16(15-11-3-1-4-12(11)15)10-5-6-13-14(9-10)19-8-2-7-18-13/h5-6,9,11-12,15-17H,1-4,7-8H2.